The van der Waals surface area contributed by atoms with Crippen LogP contribution in [0.4, 0.5) is 0 Å². The fraction of sp³-hybridized carbons (Fsp3) is 0. The maximum Gasteiger partial charge on any atom is 0.136 e. The molecule has 0 atom stereocenters. The van der Waals surface area contributed by atoms with E-state index in [9.17, 15) is 0 Å². The van der Waals surface area contributed by atoms with Crippen molar-refractivity contribution in [3.63, 3.8) is 0 Å². The highest BCUT2D eigenvalue weighted by molar-refractivity contribution is 6.32. The molecular formula is C22H13BO. The highest BCUT2D eigenvalue weighted by Crippen LogP contribution is 2.36. The quantitative estimate of drug-likeness (QED) is 0.388. The van der Waals surface area contributed by atoms with Crippen molar-refractivity contribution in [1.82, 2.24) is 0 Å². The lowest BCUT2D eigenvalue weighted by molar-refractivity contribution is 0.669. The first-order valence-corrected chi connectivity index (χ1v) is 7.99. The molecule has 0 N–H and O–H groups in total. The zero-order valence-corrected chi connectivity index (χ0v) is 13.0. The van der Waals surface area contributed by atoms with Crippen LogP contribution in [-0.4, -0.2) is 7.85 Å². The van der Waals surface area contributed by atoms with Crippen molar-refractivity contribution in [2.24, 2.45) is 0 Å². The summed E-state index contributed by atoms with van der Waals surface area (Å²) >= 11 is 0. The summed E-state index contributed by atoms with van der Waals surface area (Å²) in [6.07, 6.45) is 0. The Kier molecular flexibility index (Phi) is 2.80. The normalized spacial score (nSPS) is 11.5. The molecule has 0 aliphatic heterocycles. The number of benzene rings is 4. The summed E-state index contributed by atoms with van der Waals surface area (Å²) < 4.78 is 6.12. The first kappa shape index (κ1) is 13.4. The molecule has 0 aliphatic rings. The van der Waals surface area contributed by atoms with E-state index >= 15 is 0 Å². The van der Waals surface area contributed by atoms with E-state index in [0.29, 0.717) is 0 Å². The summed E-state index contributed by atoms with van der Waals surface area (Å²) in [6.45, 7) is 0. The summed E-state index contributed by atoms with van der Waals surface area (Å²) in [6, 6.07) is 26.9. The molecular weight excluding hydrogens is 291 g/mol. The van der Waals surface area contributed by atoms with Gasteiger partial charge in [0.1, 0.15) is 19.0 Å². The second-order valence-corrected chi connectivity index (χ2v) is 6.10. The molecule has 5 rings (SSSR count). The van der Waals surface area contributed by atoms with Crippen molar-refractivity contribution in [1.29, 1.82) is 0 Å². The van der Waals surface area contributed by atoms with Crippen LogP contribution in [0, 0.1) is 0 Å². The number of rotatable bonds is 1. The molecule has 0 saturated heterocycles. The Morgan fingerprint density at radius 1 is 0.625 bits per heavy atom. The lowest BCUT2D eigenvalue weighted by atomic mass is 9.92. The lowest BCUT2D eigenvalue weighted by Crippen LogP contribution is -2.00. The fourth-order valence-electron chi connectivity index (χ4n) is 3.44. The average Bonchev–Trinajstić information content (AvgIpc) is 3.00. The summed E-state index contributed by atoms with van der Waals surface area (Å²) in [5, 5.41) is 4.79. The second kappa shape index (κ2) is 5.00. The summed E-state index contributed by atoms with van der Waals surface area (Å²) in [5.74, 6) is 0. The number of hydrogen-bond donors (Lipinski definition) is 0. The SMILES string of the molecule is [B]c1cccc(-c2ccc3c(c2)oc2ccc4ccccc4c23)c1. The van der Waals surface area contributed by atoms with Gasteiger partial charge >= 0.3 is 0 Å². The minimum atomic E-state index is 0.767. The van der Waals surface area contributed by atoms with Gasteiger partial charge in [-0.25, -0.2) is 0 Å². The minimum absolute atomic E-state index is 0.767. The van der Waals surface area contributed by atoms with E-state index in [1.807, 2.05) is 18.2 Å². The Labute approximate surface area is 140 Å². The van der Waals surface area contributed by atoms with Crippen LogP contribution in [0.5, 0.6) is 0 Å². The second-order valence-electron chi connectivity index (χ2n) is 6.10. The molecule has 1 heterocycles. The van der Waals surface area contributed by atoms with E-state index in [0.717, 1.165) is 33.1 Å². The van der Waals surface area contributed by atoms with Crippen LogP contribution in [-0.2, 0) is 0 Å². The molecule has 4 aromatic carbocycles. The largest absolute Gasteiger partial charge is 0.456 e. The van der Waals surface area contributed by atoms with Crippen molar-refractivity contribution in [2.45, 2.75) is 0 Å². The van der Waals surface area contributed by atoms with E-state index in [-0.39, 0.29) is 0 Å². The van der Waals surface area contributed by atoms with E-state index in [2.05, 4.69) is 60.7 Å². The third-order valence-corrected chi connectivity index (χ3v) is 4.58. The molecule has 1 aromatic heterocycles. The zero-order valence-electron chi connectivity index (χ0n) is 13.0. The molecule has 0 amide bonds. The Bertz CT molecular complexity index is 1220. The van der Waals surface area contributed by atoms with Crippen molar-refractivity contribution in [3.05, 3.63) is 78.9 Å². The van der Waals surface area contributed by atoms with Crippen molar-refractivity contribution in [3.8, 4) is 11.1 Å². The molecule has 5 aromatic rings. The average molecular weight is 304 g/mol. The van der Waals surface area contributed by atoms with E-state index in [1.54, 1.807) is 0 Å². The molecule has 24 heavy (non-hydrogen) atoms. The standard InChI is InChI=1S/C22H13BO/c23-17-6-3-5-15(12-17)16-8-10-19-21(13-16)24-20-11-9-14-4-1-2-7-18(14)22(19)20/h1-13H. The summed E-state index contributed by atoms with van der Waals surface area (Å²) in [5.41, 5.74) is 4.80. The van der Waals surface area contributed by atoms with Crippen LogP contribution in [0.15, 0.2) is 83.3 Å². The number of fused-ring (bicyclic) bond motifs is 5. The summed E-state index contributed by atoms with van der Waals surface area (Å²) in [4.78, 5) is 0. The topological polar surface area (TPSA) is 13.1 Å². The molecule has 110 valence electrons. The van der Waals surface area contributed by atoms with Gasteiger partial charge in [-0.3, -0.25) is 0 Å². The van der Waals surface area contributed by atoms with Crippen LogP contribution in [0.2, 0.25) is 0 Å². The van der Waals surface area contributed by atoms with Gasteiger partial charge in [-0.15, -0.1) is 0 Å². The van der Waals surface area contributed by atoms with Gasteiger partial charge in [-0.2, -0.15) is 0 Å². The van der Waals surface area contributed by atoms with Crippen LogP contribution in [0.3, 0.4) is 0 Å². The molecule has 2 radical (unpaired) electrons. The molecule has 0 saturated carbocycles. The van der Waals surface area contributed by atoms with Gasteiger partial charge in [-0.1, -0.05) is 66.1 Å². The monoisotopic (exact) mass is 304 g/mol. The van der Waals surface area contributed by atoms with Crippen molar-refractivity contribution in [2.75, 3.05) is 0 Å². The van der Waals surface area contributed by atoms with E-state index < -0.39 is 0 Å². The van der Waals surface area contributed by atoms with Gasteiger partial charge in [-0.05, 0) is 40.1 Å². The van der Waals surface area contributed by atoms with Crippen LogP contribution >= 0.6 is 0 Å². The Hall–Kier alpha value is -3.00. The van der Waals surface area contributed by atoms with E-state index in [4.69, 9.17) is 12.3 Å². The van der Waals surface area contributed by atoms with E-state index in [1.165, 1.54) is 16.2 Å². The van der Waals surface area contributed by atoms with Gasteiger partial charge in [0.2, 0.25) is 0 Å². The first-order chi connectivity index (χ1) is 11.8. The maximum absolute atomic E-state index is 6.12. The smallest absolute Gasteiger partial charge is 0.136 e. The van der Waals surface area contributed by atoms with Crippen LogP contribution in [0.1, 0.15) is 0 Å². The molecule has 0 fully saturated rings. The van der Waals surface area contributed by atoms with Gasteiger partial charge in [0.25, 0.3) is 0 Å². The number of hydrogen-bond acceptors (Lipinski definition) is 1. The van der Waals surface area contributed by atoms with Gasteiger partial charge < -0.3 is 4.42 Å². The first-order valence-electron chi connectivity index (χ1n) is 7.99. The van der Waals surface area contributed by atoms with Gasteiger partial charge in [0.05, 0.1) is 0 Å². The van der Waals surface area contributed by atoms with Gasteiger partial charge in [0, 0.05) is 10.8 Å². The van der Waals surface area contributed by atoms with Crippen molar-refractivity contribution >= 4 is 46.0 Å². The zero-order chi connectivity index (χ0) is 16.1. The minimum Gasteiger partial charge on any atom is -0.456 e. The van der Waals surface area contributed by atoms with Gasteiger partial charge in [0.15, 0.2) is 0 Å². The maximum atomic E-state index is 6.12. The highest BCUT2D eigenvalue weighted by atomic mass is 16.3. The highest BCUT2D eigenvalue weighted by Gasteiger charge is 2.11. The predicted octanol–water partition coefficient (Wildman–Crippen LogP) is 5.20. The summed E-state index contributed by atoms with van der Waals surface area (Å²) in [7, 11) is 5.91. The fourth-order valence-corrected chi connectivity index (χ4v) is 3.44. The Morgan fingerprint density at radius 3 is 2.42 bits per heavy atom. The lowest BCUT2D eigenvalue weighted by Gasteiger charge is -2.03. The Balaban J connectivity index is 1.82. The third-order valence-electron chi connectivity index (χ3n) is 4.58. The predicted molar refractivity (Wildman–Crippen MR) is 102 cm³/mol. The van der Waals surface area contributed by atoms with Crippen LogP contribution < -0.4 is 5.46 Å². The number of furan rings is 1. The molecule has 0 spiro atoms. The third kappa shape index (κ3) is 1.96. The van der Waals surface area contributed by atoms with Crippen molar-refractivity contribution < 1.29 is 4.42 Å². The molecule has 2 heteroatoms. The molecule has 0 bridgehead atoms. The molecule has 1 nitrogen and oxygen atoms in total. The van der Waals surface area contributed by atoms with Crippen LogP contribution in [0.25, 0.3) is 43.8 Å². The molecule has 0 aliphatic carbocycles. The molecule has 0 unspecified atom stereocenters. The Morgan fingerprint density at radius 2 is 1.50 bits per heavy atom.